The Hall–Kier alpha value is -2.92. The molecule has 0 aliphatic carbocycles. The fourth-order valence-electron chi connectivity index (χ4n) is 1.47. The lowest BCUT2D eigenvalue weighted by atomic mass is 10.3. The zero-order valence-electron chi connectivity index (χ0n) is 11.4. The highest BCUT2D eigenvalue weighted by molar-refractivity contribution is 5.74. The molecular weight excluding hydrogens is 272 g/mol. The van der Waals surface area contributed by atoms with Crippen molar-refractivity contribution in [3.8, 4) is 11.8 Å². The Kier molecular flexibility index (Phi) is 5.25. The second-order valence-corrected chi connectivity index (χ2v) is 3.92. The van der Waals surface area contributed by atoms with Gasteiger partial charge in [0.2, 0.25) is 5.82 Å². The summed E-state index contributed by atoms with van der Waals surface area (Å²) in [5.74, 6) is 0.991. The van der Waals surface area contributed by atoms with Gasteiger partial charge >= 0.3 is 0 Å². The molecule has 1 heterocycles. The first kappa shape index (κ1) is 14.5. The van der Waals surface area contributed by atoms with E-state index in [-0.39, 0.29) is 11.4 Å². The molecule has 8 nitrogen and oxygen atoms in total. The van der Waals surface area contributed by atoms with Crippen molar-refractivity contribution >= 4 is 11.3 Å². The Morgan fingerprint density at radius 3 is 2.81 bits per heavy atom. The van der Waals surface area contributed by atoms with Gasteiger partial charge in [-0.1, -0.05) is 0 Å². The first-order chi connectivity index (χ1) is 10.3. The normalized spacial score (nSPS) is 11.0. The minimum Gasteiger partial charge on any atom is -0.491 e. The lowest BCUT2D eigenvalue weighted by Crippen LogP contribution is -2.04. The maximum Gasteiger partial charge on any atom is 0.216 e. The first-order valence-electron chi connectivity index (χ1n) is 6.16. The number of rotatable bonds is 7. The number of nitrogens with one attached hydrogen (secondary N) is 2. The van der Waals surface area contributed by atoms with Gasteiger partial charge in [0.15, 0.2) is 0 Å². The van der Waals surface area contributed by atoms with Crippen molar-refractivity contribution in [3.05, 3.63) is 36.3 Å². The lowest BCUT2D eigenvalue weighted by Gasteiger charge is -2.06. The molecule has 2 N–H and O–H groups in total. The standard InChI is InChI=1S/C13H14N6O2/c1-20-6-7-21-12-4-2-11(3-5-12)15-9-10(8-14)13-16-18-19-17-13/h2-5,9,15H,6-7H2,1H3,(H,16,17,18,19). The van der Waals surface area contributed by atoms with Gasteiger partial charge < -0.3 is 14.8 Å². The number of nitrogens with zero attached hydrogens (tertiary/aromatic N) is 4. The van der Waals surface area contributed by atoms with Crippen molar-refractivity contribution in [3.63, 3.8) is 0 Å². The average Bonchev–Trinajstić information content (AvgIpc) is 3.04. The van der Waals surface area contributed by atoms with Gasteiger partial charge in [0.25, 0.3) is 0 Å². The van der Waals surface area contributed by atoms with Gasteiger partial charge in [-0.15, -0.1) is 10.2 Å². The number of aromatic amines is 1. The average molecular weight is 286 g/mol. The quantitative estimate of drug-likeness (QED) is 0.581. The highest BCUT2D eigenvalue weighted by Gasteiger charge is 2.05. The maximum absolute atomic E-state index is 9.03. The Labute approximate surface area is 121 Å². The molecule has 0 bridgehead atoms. The third-order valence-electron chi connectivity index (χ3n) is 2.50. The Morgan fingerprint density at radius 2 is 2.19 bits per heavy atom. The molecule has 8 heteroatoms. The van der Waals surface area contributed by atoms with Gasteiger partial charge in [0.1, 0.15) is 24.0 Å². The number of benzene rings is 1. The summed E-state index contributed by atoms with van der Waals surface area (Å²) < 4.78 is 10.4. The van der Waals surface area contributed by atoms with Gasteiger partial charge in [-0.2, -0.15) is 10.5 Å². The van der Waals surface area contributed by atoms with Crippen molar-refractivity contribution in [1.82, 2.24) is 20.6 Å². The van der Waals surface area contributed by atoms with E-state index in [1.807, 2.05) is 30.3 Å². The Morgan fingerprint density at radius 1 is 1.38 bits per heavy atom. The summed E-state index contributed by atoms with van der Waals surface area (Å²) in [7, 11) is 1.62. The van der Waals surface area contributed by atoms with E-state index in [2.05, 4.69) is 25.9 Å². The summed E-state index contributed by atoms with van der Waals surface area (Å²) in [5.41, 5.74) is 1.09. The summed E-state index contributed by atoms with van der Waals surface area (Å²) in [6.07, 6.45) is 1.52. The van der Waals surface area contributed by atoms with Crippen LogP contribution in [-0.2, 0) is 4.74 Å². The monoisotopic (exact) mass is 286 g/mol. The largest absolute Gasteiger partial charge is 0.491 e. The Balaban J connectivity index is 1.95. The molecule has 0 saturated heterocycles. The van der Waals surface area contributed by atoms with Gasteiger partial charge in [0, 0.05) is 19.0 Å². The molecule has 0 spiro atoms. The van der Waals surface area contributed by atoms with Crippen LogP contribution in [0, 0.1) is 11.3 Å². The van der Waals surface area contributed by atoms with Crippen LogP contribution < -0.4 is 10.1 Å². The van der Waals surface area contributed by atoms with E-state index in [9.17, 15) is 0 Å². The smallest absolute Gasteiger partial charge is 0.216 e. The predicted octanol–water partition coefficient (Wildman–Crippen LogP) is 1.20. The molecule has 21 heavy (non-hydrogen) atoms. The van der Waals surface area contributed by atoms with Gasteiger partial charge in [0.05, 0.1) is 6.61 Å². The summed E-state index contributed by atoms with van der Waals surface area (Å²) in [6, 6.07) is 9.32. The lowest BCUT2D eigenvalue weighted by molar-refractivity contribution is 0.146. The summed E-state index contributed by atoms with van der Waals surface area (Å²) >= 11 is 0. The van der Waals surface area contributed by atoms with Crippen LogP contribution in [0.3, 0.4) is 0 Å². The number of ether oxygens (including phenoxy) is 2. The third-order valence-corrected chi connectivity index (χ3v) is 2.50. The number of hydrogen-bond acceptors (Lipinski definition) is 7. The molecule has 0 aliphatic heterocycles. The number of anilines is 1. The van der Waals surface area contributed by atoms with Crippen LogP contribution in [0.15, 0.2) is 30.5 Å². The van der Waals surface area contributed by atoms with Crippen LogP contribution in [0.4, 0.5) is 5.69 Å². The van der Waals surface area contributed by atoms with E-state index in [4.69, 9.17) is 14.7 Å². The van der Waals surface area contributed by atoms with E-state index in [0.29, 0.717) is 13.2 Å². The summed E-state index contributed by atoms with van der Waals surface area (Å²) in [6.45, 7) is 1.04. The van der Waals surface area contributed by atoms with Crippen molar-refractivity contribution in [2.75, 3.05) is 25.6 Å². The van der Waals surface area contributed by atoms with Crippen LogP contribution >= 0.6 is 0 Å². The third kappa shape index (κ3) is 4.29. The molecule has 108 valence electrons. The topological polar surface area (TPSA) is 109 Å². The number of H-pyrrole nitrogens is 1. The number of hydrogen-bond donors (Lipinski definition) is 2. The zero-order valence-corrected chi connectivity index (χ0v) is 11.4. The molecule has 0 amide bonds. The van der Waals surface area contributed by atoms with Crippen molar-refractivity contribution < 1.29 is 9.47 Å². The predicted molar refractivity (Wildman–Crippen MR) is 75.2 cm³/mol. The van der Waals surface area contributed by atoms with E-state index in [1.54, 1.807) is 7.11 Å². The minimum absolute atomic E-state index is 0.240. The van der Waals surface area contributed by atoms with E-state index in [0.717, 1.165) is 11.4 Å². The molecule has 1 aromatic carbocycles. The van der Waals surface area contributed by atoms with E-state index < -0.39 is 0 Å². The number of nitriles is 1. The van der Waals surface area contributed by atoms with Crippen LogP contribution in [0.1, 0.15) is 5.82 Å². The van der Waals surface area contributed by atoms with Crippen molar-refractivity contribution in [2.45, 2.75) is 0 Å². The zero-order chi connectivity index (χ0) is 14.9. The summed E-state index contributed by atoms with van der Waals surface area (Å²) in [5, 5.41) is 25.2. The van der Waals surface area contributed by atoms with Crippen molar-refractivity contribution in [1.29, 1.82) is 5.26 Å². The van der Waals surface area contributed by atoms with E-state index >= 15 is 0 Å². The molecule has 2 aromatic rings. The minimum atomic E-state index is 0.240. The fourth-order valence-corrected chi connectivity index (χ4v) is 1.47. The highest BCUT2D eigenvalue weighted by Crippen LogP contribution is 2.16. The van der Waals surface area contributed by atoms with Crippen LogP contribution in [0.25, 0.3) is 5.57 Å². The Bertz CT molecular complexity index is 615. The first-order valence-corrected chi connectivity index (χ1v) is 6.16. The molecule has 0 aliphatic rings. The van der Waals surface area contributed by atoms with Crippen LogP contribution in [0.2, 0.25) is 0 Å². The van der Waals surface area contributed by atoms with Gasteiger partial charge in [-0.05, 0) is 29.5 Å². The SMILES string of the molecule is COCCOc1ccc(NC=C(C#N)c2nn[nH]n2)cc1. The van der Waals surface area contributed by atoms with Gasteiger partial charge in [-0.3, -0.25) is 0 Å². The van der Waals surface area contributed by atoms with Gasteiger partial charge in [-0.25, -0.2) is 0 Å². The molecule has 2 rings (SSSR count). The number of aromatic nitrogens is 4. The molecule has 1 aromatic heterocycles. The molecule has 0 saturated carbocycles. The number of methoxy groups -OCH3 is 1. The molecule has 0 radical (unpaired) electrons. The molecule has 0 fully saturated rings. The number of allylic oxidation sites excluding steroid dienone is 1. The number of tetrazole rings is 1. The highest BCUT2D eigenvalue weighted by atomic mass is 16.5. The fraction of sp³-hybridized carbons (Fsp3) is 0.231. The second-order valence-electron chi connectivity index (χ2n) is 3.92. The maximum atomic E-state index is 9.03. The second kappa shape index (κ2) is 7.62. The molecular formula is C13H14N6O2. The molecule has 0 unspecified atom stereocenters. The van der Waals surface area contributed by atoms with Crippen LogP contribution in [-0.4, -0.2) is 40.9 Å². The summed E-state index contributed by atoms with van der Waals surface area (Å²) in [4.78, 5) is 0. The van der Waals surface area contributed by atoms with Crippen LogP contribution in [0.5, 0.6) is 5.75 Å². The van der Waals surface area contributed by atoms with E-state index in [1.165, 1.54) is 6.20 Å². The molecule has 0 atom stereocenters. The van der Waals surface area contributed by atoms with Crippen molar-refractivity contribution in [2.24, 2.45) is 0 Å².